The Bertz CT molecular complexity index is 1120. The Labute approximate surface area is 200 Å². The van der Waals surface area contributed by atoms with Crippen LogP contribution in [0.25, 0.3) is 11.3 Å². The first-order valence-corrected chi connectivity index (χ1v) is 11.2. The standard InChI is InChI=1S/C23H22BrClN4O3/c1-31-20-7-3-15(13-21(20)32-2)19-6-8-22(27-26-19)28-9-11-29(12-10-28)23(30)17-14-16(24)4-5-18(17)25/h3-8,13-14H,9-12H2,1-2H3. The Morgan fingerprint density at radius 2 is 1.69 bits per heavy atom. The summed E-state index contributed by atoms with van der Waals surface area (Å²) in [7, 11) is 3.21. The zero-order chi connectivity index (χ0) is 22.7. The number of aromatic nitrogens is 2. The molecule has 0 atom stereocenters. The Morgan fingerprint density at radius 1 is 0.938 bits per heavy atom. The van der Waals surface area contributed by atoms with Crippen molar-refractivity contribution < 1.29 is 14.3 Å². The number of hydrogen-bond acceptors (Lipinski definition) is 6. The summed E-state index contributed by atoms with van der Waals surface area (Å²) in [5.74, 6) is 2.02. The maximum Gasteiger partial charge on any atom is 0.255 e. The number of rotatable bonds is 5. The van der Waals surface area contributed by atoms with E-state index in [1.54, 1.807) is 26.4 Å². The summed E-state index contributed by atoms with van der Waals surface area (Å²) in [5.41, 5.74) is 2.14. The molecule has 0 bridgehead atoms. The number of piperazine rings is 1. The lowest BCUT2D eigenvalue weighted by Crippen LogP contribution is -2.49. The molecule has 32 heavy (non-hydrogen) atoms. The molecule has 1 aromatic heterocycles. The molecule has 0 radical (unpaired) electrons. The zero-order valence-corrected chi connectivity index (χ0v) is 20.1. The average molecular weight is 518 g/mol. The third kappa shape index (κ3) is 4.66. The van der Waals surface area contributed by atoms with E-state index in [4.69, 9.17) is 21.1 Å². The van der Waals surface area contributed by atoms with Crippen LogP contribution in [0.3, 0.4) is 0 Å². The highest BCUT2D eigenvalue weighted by atomic mass is 79.9. The molecule has 1 aliphatic heterocycles. The highest BCUT2D eigenvalue weighted by Gasteiger charge is 2.24. The smallest absolute Gasteiger partial charge is 0.255 e. The number of amides is 1. The second kappa shape index (κ2) is 9.75. The molecule has 166 valence electrons. The van der Waals surface area contributed by atoms with Crippen LogP contribution < -0.4 is 14.4 Å². The van der Waals surface area contributed by atoms with Gasteiger partial charge in [-0.3, -0.25) is 4.79 Å². The maximum atomic E-state index is 12.9. The van der Waals surface area contributed by atoms with Crippen LogP contribution in [0.4, 0.5) is 5.82 Å². The third-order valence-electron chi connectivity index (χ3n) is 5.38. The fraction of sp³-hybridized carbons (Fsp3) is 0.261. The van der Waals surface area contributed by atoms with E-state index in [1.807, 2.05) is 41.3 Å². The highest BCUT2D eigenvalue weighted by Crippen LogP contribution is 2.31. The number of methoxy groups -OCH3 is 2. The minimum Gasteiger partial charge on any atom is -0.493 e. The van der Waals surface area contributed by atoms with Crippen molar-refractivity contribution in [1.29, 1.82) is 0 Å². The lowest BCUT2D eigenvalue weighted by atomic mass is 10.1. The molecule has 1 aliphatic rings. The number of carbonyl (C=O) groups is 1. The predicted molar refractivity (Wildman–Crippen MR) is 128 cm³/mol. The van der Waals surface area contributed by atoms with Gasteiger partial charge in [0.2, 0.25) is 0 Å². The van der Waals surface area contributed by atoms with E-state index in [0.717, 1.165) is 21.5 Å². The van der Waals surface area contributed by atoms with Crippen molar-refractivity contribution >= 4 is 39.3 Å². The van der Waals surface area contributed by atoms with Crippen LogP contribution >= 0.6 is 27.5 Å². The first-order chi connectivity index (χ1) is 15.5. The first-order valence-electron chi connectivity index (χ1n) is 10.1. The molecule has 0 N–H and O–H groups in total. The van der Waals surface area contributed by atoms with Gasteiger partial charge in [-0.1, -0.05) is 27.5 Å². The van der Waals surface area contributed by atoms with Gasteiger partial charge in [0.05, 0.1) is 30.5 Å². The quantitative estimate of drug-likeness (QED) is 0.495. The molecule has 2 heterocycles. The summed E-state index contributed by atoms with van der Waals surface area (Å²) >= 11 is 9.62. The Balaban J connectivity index is 1.42. The molecule has 0 aliphatic carbocycles. The topological polar surface area (TPSA) is 67.8 Å². The average Bonchev–Trinajstić information content (AvgIpc) is 2.85. The van der Waals surface area contributed by atoms with Crippen LogP contribution in [0.5, 0.6) is 11.5 Å². The Hall–Kier alpha value is -2.84. The number of ether oxygens (including phenoxy) is 2. The molecule has 1 fully saturated rings. The molecule has 0 saturated carbocycles. The summed E-state index contributed by atoms with van der Waals surface area (Å²) in [6, 6.07) is 14.8. The maximum absolute atomic E-state index is 12.9. The van der Waals surface area contributed by atoms with Gasteiger partial charge in [0.25, 0.3) is 5.91 Å². The third-order valence-corrected chi connectivity index (χ3v) is 6.20. The molecule has 4 rings (SSSR count). The highest BCUT2D eigenvalue weighted by molar-refractivity contribution is 9.10. The van der Waals surface area contributed by atoms with Gasteiger partial charge in [-0.05, 0) is 48.5 Å². The molecular formula is C23H22BrClN4O3. The molecule has 0 unspecified atom stereocenters. The van der Waals surface area contributed by atoms with Crippen LogP contribution in [-0.4, -0.2) is 61.4 Å². The second-order valence-electron chi connectivity index (χ2n) is 7.25. The van der Waals surface area contributed by atoms with E-state index < -0.39 is 0 Å². The van der Waals surface area contributed by atoms with Gasteiger partial charge in [0, 0.05) is 36.2 Å². The van der Waals surface area contributed by atoms with Crippen molar-refractivity contribution in [2.45, 2.75) is 0 Å². The van der Waals surface area contributed by atoms with E-state index in [9.17, 15) is 4.79 Å². The summed E-state index contributed by atoms with van der Waals surface area (Å²) in [6.45, 7) is 2.51. The first kappa shape index (κ1) is 22.4. The van der Waals surface area contributed by atoms with Gasteiger partial charge >= 0.3 is 0 Å². The van der Waals surface area contributed by atoms with Crippen molar-refractivity contribution in [2.75, 3.05) is 45.3 Å². The number of benzene rings is 2. The molecule has 9 heteroatoms. The molecule has 3 aromatic rings. The van der Waals surface area contributed by atoms with E-state index in [-0.39, 0.29) is 5.91 Å². The van der Waals surface area contributed by atoms with E-state index in [2.05, 4.69) is 31.0 Å². The summed E-state index contributed by atoms with van der Waals surface area (Å²) in [5, 5.41) is 9.25. The van der Waals surface area contributed by atoms with Gasteiger partial charge < -0.3 is 19.3 Å². The van der Waals surface area contributed by atoms with Crippen molar-refractivity contribution in [3.05, 3.63) is 63.6 Å². The van der Waals surface area contributed by atoms with Crippen molar-refractivity contribution in [3.8, 4) is 22.8 Å². The summed E-state index contributed by atoms with van der Waals surface area (Å²) < 4.78 is 11.5. The van der Waals surface area contributed by atoms with Crippen LogP contribution in [0.1, 0.15) is 10.4 Å². The van der Waals surface area contributed by atoms with Gasteiger partial charge in [-0.2, -0.15) is 0 Å². The lowest BCUT2D eigenvalue weighted by molar-refractivity contribution is 0.0746. The molecule has 7 nitrogen and oxygen atoms in total. The fourth-order valence-corrected chi connectivity index (χ4v) is 4.17. The van der Waals surface area contributed by atoms with Crippen LogP contribution in [0.2, 0.25) is 5.02 Å². The molecular weight excluding hydrogens is 496 g/mol. The van der Waals surface area contributed by atoms with E-state index >= 15 is 0 Å². The summed E-state index contributed by atoms with van der Waals surface area (Å²) in [4.78, 5) is 16.8. The number of nitrogens with zero attached hydrogens (tertiary/aromatic N) is 4. The number of carbonyl (C=O) groups excluding carboxylic acids is 1. The Morgan fingerprint density at radius 3 is 2.34 bits per heavy atom. The van der Waals surface area contributed by atoms with E-state index in [0.29, 0.717) is 48.3 Å². The molecule has 2 aromatic carbocycles. The van der Waals surface area contributed by atoms with Gasteiger partial charge in [0.1, 0.15) is 0 Å². The van der Waals surface area contributed by atoms with Crippen molar-refractivity contribution in [2.24, 2.45) is 0 Å². The minimum absolute atomic E-state index is 0.0640. The van der Waals surface area contributed by atoms with Crippen molar-refractivity contribution in [1.82, 2.24) is 15.1 Å². The SMILES string of the molecule is COc1ccc(-c2ccc(N3CCN(C(=O)c4cc(Br)ccc4Cl)CC3)nn2)cc1OC. The molecule has 1 amide bonds. The predicted octanol–water partition coefficient (Wildman–Crippen LogP) is 4.54. The minimum atomic E-state index is -0.0640. The number of anilines is 1. The largest absolute Gasteiger partial charge is 0.493 e. The Kier molecular flexibility index (Phi) is 6.81. The van der Waals surface area contributed by atoms with Crippen LogP contribution in [0, 0.1) is 0 Å². The fourth-order valence-electron chi connectivity index (χ4n) is 3.61. The zero-order valence-electron chi connectivity index (χ0n) is 17.7. The number of halogens is 2. The summed E-state index contributed by atoms with van der Waals surface area (Å²) in [6.07, 6.45) is 0. The van der Waals surface area contributed by atoms with Gasteiger partial charge in [-0.15, -0.1) is 10.2 Å². The monoisotopic (exact) mass is 516 g/mol. The molecule has 0 spiro atoms. The number of hydrogen-bond donors (Lipinski definition) is 0. The molecule has 1 saturated heterocycles. The van der Waals surface area contributed by atoms with Gasteiger partial charge in [-0.25, -0.2) is 0 Å². The van der Waals surface area contributed by atoms with Crippen molar-refractivity contribution in [3.63, 3.8) is 0 Å². The van der Waals surface area contributed by atoms with Crippen LogP contribution in [-0.2, 0) is 0 Å². The normalized spacial score (nSPS) is 13.8. The van der Waals surface area contributed by atoms with Gasteiger partial charge in [0.15, 0.2) is 17.3 Å². The second-order valence-corrected chi connectivity index (χ2v) is 8.57. The van der Waals surface area contributed by atoms with E-state index in [1.165, 1.54) is 0 Å². The lowest BCUT2D eigenvalue weighted by Gasteiger charge is -2.35. The van der Waals surface area contributed by atoms with Crippen LogP contribution in [0.15, 0.2) is 53.0 Å².